The number of carbonyl (C=O) groups is 2. The fourth-order valence-corrected chi connectivity index (χ4v) is 2.99. The lowest BCUT2D eigenvalue weighted by Gasteiger charge is -2.19. The van der Waals surface area contributed by atoms with E-state index in [9.17, 15) is 14.0 Å². The molecule has 3 aromatic rings. The molecule has 1 N–H and O–H groups in total. The van der Waals surface area contributed by atoms with E-state index in [2.05, 4.69) is 5.32 Å². The van der Waals surface area contributed by atoms with Gasteiger partial charge in [-0.25, -0.2) is 9.18 Å². The van der Waals surface area contributed by atoms with Gasteiger partial charge in [0.15, 0.2) is 18.2 Å². The fraction of sp³-hybridized carbons (Fsp3) is 0.120. The molecule has 0 aliphatic heterocycles. The normalized spacial score (nSPS) is 10.8. The number of ether oxygens (including phenoxy) is 2. The van der Waals surface area contributed by atoms with Gasteiger partial charge in [-0.2, -0.15) is 0 Å². The van der Waals surface area contributed by atoms with Crippen LogP contribution < -0.4 is 10.1 Å². The summed E-state index contributed by atoms with van der Waals surface area (Å²) in [4.78, 5) is 24.4. The molecule has 0 radical (unpaired) electrons. The average Bonchev–Trinajstić information content (AvgIpc) is 2.81. The summed E-state index contributed by atoms with van der Waals surface area (Å²) in [6.07, 6.45) is 2.54. The Morgan fingerprint density at radius 2 is 1.58 bits per heavy atom. The number of carbonyl (C=O) groups excluding carboxylic acids is 2. The van der Waals surface area contributed by atoms with E-state index in [1.54, 1.807) is 6.07 Å². The van der Waals surface area contributed by atoms with E-state index < -0.39 is 24.3 Å². The van der Waals surface area contributed by atoms with Crippen LogP contribution in [0.4, 0.5) is 4.39 Å². The summed E-state index contributed by atoms with van der Waals surface area (Å²) in [5, 5.41) is 2.90. The smallest absolute Gasteiger partial charge is 0.331 e. The molecule has 0 unspecified atom stereocenters. The molecule has 0 spiro atoms. The minimum Gasteiger partial charge on any atom is -0.494 e. The van der Waals surface area contributed by atoms with Crippen molar-refractivity contribution in [1.82, 2.24) is 5.32 Å². The van der Waals surface area contributed by atoms with Crippen LogP contribution in [0.3, 0.4) is 0 Å². The maximum Gasteiger partial charge on any atom is 0.331 e. The summed E-state index contributed by atoms with van der Waals surface area (Å²) in [5.74, 6) is -1.56. The third-order valence-corrected chi connectivity index (χ3v) is 4.50. The van der Waals surface area contributed by atoms with E-state index in [4.69, 9.17) is 9.47 Å². The molecule has 0 atom stereocenters. The first-order valence-electron chi connectivity index (χ1n) is 9.64. The molecular formula is C25H22FNO4. The Morgan fingerprint density at radius 3 is 2.13 bits per heavy atom. The number of halogens is 1. The number of hydrogen-bond acceptors (Lipinski definition) is 4. The first-order chi connectivity index (χ1) is 15.1. The molecule has 0 bridgehead atoms. The van der Waals surface area contributed by atoms with Gasteiger partial charge in [0, 0.05) is 6.08 Å². The SMILES string of the molecule is COc1ccc(/C=C/C(=O)OCC(=O)NC(c2ccccc2)c2ccccc2)cc1F. The Labute approximate surface area is 180 Å². The largest absolute Gasteiger partial charge is 0.494 e. The summed E-state index contributed by atoms with van der Waals surface area (Å²) in [6, 6.07) is 23.0. The topological polar surface area (TPSA) is 64.6 Å². The molecule has 6 heteroatoms. The van der Waals surface area contributed by atoms with Crippen LogP contribution in [0, 0.1) is 5.82 Å². The minimum atomic E-state index is -0.706. The van der Waals surface area contributed by atoms with Crippen molar-refractivity contribution in [3.8, 4) is 5.75 Å². The number of nitrogens with one attached hydrogen (secondary N) is 1. The maximum atomic E-state index is 13.7. The molecule has 0 aliphatic rings. The zero-order chi connectivity index (χ0) is 22.1. The monoisotopic (exact) mass is 419 g/mol. The summed E-state index contributed by atoms with van der Waals surface area (Å²) < 4.78 is 23.6. The molecule has 1 amide bonds. The van der Waals surface area contributed by atoms with Gasteiger partial charge in [0.25, 0.3) is 5.91 Å². The predicted molar refractivity (Wildman–Crippen MR) is 116 cm³/mol. The van der Waals surface area contributed by atoms with Crippen LogP contribution >= 0.6 is 0 Å². The standard InChI is InChI=1S/C25H22FNO4/c1-30-22-14-12-18(16-21(22)26)13-15-24(29)31-17-23(28)27-25(19-8-4-2-5-9-19)20-10-6-3-7-11-20/h2-16,25H,17H2,1H3,(H,27,28)/b15-13+. The van der Waals surface area contributed by atoms with Crippen molar-refractivity contribution in [2.24, 2.45) is 0 Å². The Morgan fingerprint density at radius 1 is 0.968 bits per heavy atom. The lowest BCUT2D eigenvalue weighted by atomic mass is 9.99. The second-order valence-corrected chi connectivity index (χ2v) is 6.66. The Bertz CT molecular complexity index is 1010. The van der Waals surface area contributed by atoms with E-state index in [1.807, 2.05) is 60.7 Å². The van der Waals surface area contributed by atoms with Gasteiger partial charge < -0.3 is 14.8 Å². The Kier molecular flexibility index (Phi) is 7.54. The van der Waals surface area contributed by atoms with E-state index >= 15 is 0 Å². The van der Waals surface area contributed by atoms with Gasteiger partial charge >= 0.3 is 5.97 Å². The number of amides is 1. The molecule has 5 nitrogen and oxygen atoms in total. The van der Waals surface area contributed by atoms with Crippen molar-refractivity contribution in [3.05, 3.63) is 107 Å². The number of rotatable bonds is 8. The van der Waals surface area contributed by atoms with Gasteiger partial charge in [0.1, 0.15) is 0 Å². The van der Waals surface area contributed by atoms with Crippen LogP contribution in [0.1, 0.15) is 22.7 Å². The molecule has 31 heavy (non-hydrogen) atoms. The number of benzene rings is 3. The van der Waals surface area contributed by atoms with Crippen LogP contribution in [0.15, 0.2) is 84.9 Å². The first kappa shape index (κ1) is 21.8. The first-order valence-corrected chi connectivity index (χ1v) is 9.64. The molecule has 3 aromatic carbocycles. The number of esters is 1. The molecule has 0 aliphatic carbocycles. The van der Waals surface area contributed by atoms with Gasteiger partial charge in [0.05, 0.1) is 13.2 Å². The number of methoxy groups -OCH3 is 1. The highest BCUT2D eigenvalue weighted by Crippen LogP contribution is 2.21. The lowest BCUT2D eigenvalue weighted by Crippen LogP contribution is -2.32. The molecule has 0 fully saturated rings. The summed E-state index contributed by atoms with van der Waals surface area (Å²) in [7, 11) is 1.37. The molecule has 0 saturated heterocycles. The van der Waals surface area contributed by atoms with Crippen LogP contribution in [0.5, 0.6) is 5.75 Å². The summed E-state index contributed by atoms with van der Waals surface area (Å²) in [5.41, 5.74) is 2.29. The summed E-state index contributed by atoms with van der Waals surface area (Å²) in [6.45, 7) is -0.434. The van der Waals surface area contributed by atoms with E-state index in [-0.39, 0.29) is 11.8 Å². The average molecular weight is 419 g/mol. The van der Waals surface area contributed by atoms with Crippen molar-refractivity contribution < 1.29 is 23.5 Å². The molecule has 0 aromatic heterocycles. The van der Waals surface area contributed by atoms with Crippen LogP contribution in [-0.4, -0.2) is 25.6 Å². The lowest BCUT2D eigenvalue weighted by molar-refractivity contribution is -0.143. The van der Waals surface area contributed by atoms with Gasteiger partial charge in [-0.3, -0.25) is 4.79 Å². The van der Waals surface area contributed by atoms with E-state index in [0.717, 1.165) is 17.2 Å². The van der Waals surface area contributed by atoms with Crippen molar-refractivity contribution in [1.29, 1.82) is 0 Å². The van der Waals surface area contributed by atoms with Gasteiger partial charge in [-0.1, -0.05) is 66.7 Å². The van der Waals surface area contributed by atoms with Crippen molar-refractivity contribution >= 4 is 18.0 Å². The predicted octanol–water partition coefficient (Wildman–Crippen LogP) is 4.30. The zero-order valence-electron chi connectivity index (χ0n) is 17.0. The van der Waals surface area contributed by atoms with Crippen LogP contribution in [0.2, 0.25) is 0 Å². The highest BCUT2D eigenvalue weighted by Gasteiger charge is 2.17. The van der Waals surface area contributed by atoms with Crippen molar-refractivity contribution in [3.63, 3.8) is 0 Å². The second-order valence-electron chi connectivity index (χ2n) is 6.66. The molecule has 0 saturated carbocycles. The summed E-state index contributed by atoms with van der Waals surface area (Å²) >= 11 is 0. The van der Waals surface area contributed by atoms with Gasteiger partial charge in [-0.15, -0.1) is 0 Å². The fourth-order valence-electron chi connectivity index (χ4n) is 2.99. The highest BCUT2D eigenvalue weighted by molar-refractivity contribution is 5.89. The molecule has 0 heterocycles. The van der Waals surface area contributed by atoms with Crippen LogP contribution in [0.25, 0.3) is 6.08 Å². The third-order valence-electron chi connectivity index (χ3n) is 4.50. The third kappa shape index (κ3) is 6.27. The maximum absolute atomic E-state index is 13.7. The van der Waals surface area contributed by atoms with E-state index in [0.29, 0.717) is 5.56 Å². The van der Waals surface area contributed by atoms with Gasteiger partial charge in [-0.05, 0) is 34.9 Å². The highest BCUT2D eigenvalue weighted by atomic mass is 19.1. The van der Waals surface area contributed by atoms with Crippen LogP contribution in [-0.2, 0) is 14.3 Å². The van der Waals surface area contributed by atoms with E-state index in [1.165, 1.54) is 25.3 Å². The Hall–Kier alpha value is -3.93. The molecule has 3 rings (SSSR count). The Balaban J connectivity index is 1.59. The van der Waals surface area contributed by atoms with Crippen molar-refractivity contribution in [2.45, 2.75) is 6.04 Å². The second kappa shape index (κ2) is 10.7. The molecule has 158 valence electrons. The number of hydrogen-bond donors (Lipinski definition) is 1. The van der Waals surface area contributed by atoms with Crippen molar-refractivity contribution in [2.75, 3.05) is 13.7 Å². The van der Waals surface area contributed by atoms with Gasteiger partial charge in [0.2, 0.25) is 0 Å². The zero-order valence-corrected chi connectivity index (χ0v) is 17.0. The molecular weight excluding hydrogens is 397 g/mol. The minimum absolute atomic E-state index is 0.114. The quantitative estimate of drug-likeness (QED) is 0.437.